The summed E-state index contributed by atoms with van der Waals surface area (Å²) < 4.78 is 7.00. The summed E-state index contributed by atoms with van der Waals surface area (Å²) in [7, 11) is 3.37. The van der Waals surface area contributed by atoms with Crippen molar-refractivity contribution in [2.24, 2.45) is 0 Å². The lowest BCUT2D eigenvalue weighted by Crippen LogP contribution is -2.21. The Hall–Kier alpha value is -3.03. The Labute approximate surface area is 145 Å². The number of pyridine rings is 1. The van der Waals surface area contributed by atoms with Crippen LogP contribution in [0, 0.1) is 0 Å². The lowest BCUT2D eigenvalue weighted by Gasteiger charge is -2.10. The van der Waals surface area contributed by atoms with Crippen molar-refractivity contribution in [3.63, 3.8) is 0 Å². The SMILES string of the molecule is CN(C)C(=O)c1cn(-c2ccc(-c3nc(C(C)(C)C)no3)cn2)cn1. The number of carbonyl (C=O) groups excluding carboxylic acids is 1. The molecule has 3 heterocycles. The Morgan fingerprint density at radius 2 is 1.96 bits per heavy atom. The van der Waals surface area contributed by atoms with Gasteiger partial charge in [0.15, 0.2) is 5.82 Å². The van der Waals surface area contributed by atoms with E-state index in [4.69, 9.17) is 4.52 Å². The molecule has 0 aliphatic rings. The largest absolute Gasteiger partial charge is 0.343 e. The van der Waals surface area contributed by atoms with Crippen molar-refractivity contribution >= 4 is 5.91 Å². The van der Waals surface area contributed by atoms with Crippen LogP contribution in [0.25, 0.3) is 17.3 Å². The number of rotatable bonds is 3. The Balaban J connectivity index is 1.83. The summed E-state index contributed by atoms with van der Waals surface area (Å²) in [4.78, 5) is 26.3. The third-order valence-corrected chi connectivity index (χ3v) is 3.56. The van der Waals surface area contributed by atoms with Gasteiger partial charge in [-0.2, -0.15) is 4.98 Å². The third-order valence-electron chi connectivity index (χ3n) is 3.56. The van der Waals surface area contributed by atoms with Crippen LogP contribution < -0.4 is 0 Å². The molecule has 0 unspecified atom stereocenters. The van der Waals surface area contributed by atoms with E-state index in [0.717, 1.165) is 5.56 Å². The minimum absolute atomic E-state index is 0.157. The van der Waals surface area contributed by atoms with Gasteiger partial charge in [0.2, 0.25) is 0 Å². The first-order valence-corrected chi connectivity index (χ1v) is 7.82. The molecule has 0 N–H and O–H groups in total. The van der Waals surface area contributed by atoms with Crippen LogP contribution in [0.3, 0.4) is 0 Å². The molecule has 0 fully saturated rings. The Morgan fingerprint density at radius 3 is 2.52 bits per heavy atom. The van der Waals surface area contributed by atoms with Gasteiger partial charge in [0.05, 0.1) is 5.56 Å². The fraction of sp³-hybridized carbons (Fsp3) is 0.353. The van der Waals surface area contributed by atoms with Gasteiger partial charge in [0.1, 0.15) is 17.8 Å². The lowest BCUT2D eigenvalue weighted by atomic mass is 9.96. The Morgan fingerprint density at radius 1 is 1.20 bits per heavy atom. The first-order valence-electron chi connectivity index (χ1n) is 7.82. The molecule has 0 aliphatic carbocycles. The average Bonchev–Trinajstić information content (AvgIpc) is 3.23. The predicted molar refractivity (Wildman–Crippen MR) is 91.4 cm³/mol. The lowest BCUT2D eigenvalue weighted by molar-refractivity contribution is 0.0822. The van der Waals surface area contributed by atoms with Crippen molar-refractivity contribution in [1.82, 2.24) is 29.6 Å². The van der Waals surface area contributed by atoms with E-state index in [-0.39, 0.29) is 11.3 Å². The first-order chi connectivity index (χ1) is 11.8. The summed E-state index contributed by atoms with van der Waals surface area (Å²) >= 11 is 0. The van der Waals surface area contributed by atoms with E-state index in [1.54, 1.807) is 37.4 Å². The van der Waals surface area contributed by atoms with Crippen molar-refractivity contribution in [2.45, 2.75) is 26.2 Å². The van der Waals surface area contributed by atoms with Gasteiger partial charge in [-0.1, -0.05) is 25.9 Å². The zero-order valence-corrected chi connectivity index (χ0v) is 14.9. The van der Waals surface area contributed by atoms with Gasteiger partial charge < -0.3 is 9.42 Å². The van der Waals surface area contributed by atoms with E-state index in [2.05, 4.69) is 20.1 Å². The molecule has 3 aromatic rings. The zero-order valence-electron chi connectivity index (χ0n) is 14.9. The van der Waals surface area contributed by atoms with Crippen LogP contribution in [0.5, 0.6) is 0 Å². The second-order valence-corrected chi connectivity index (χ2v) is 6.94. The van der Waals surface area contributed by atoms with Crippen molar-refractivity contribution in [1.29, 1.82) is 0 Å². The molecule has 3 aromatic heterocycles. The van der Waals surface area contributed by atoms with Gasteiger partial charge in [-0.25, -0.2) is 9.97 Å². The van der Waals surface area contributed by atoms with Crippen LogP contribution in [0.4, 0.5) is 0 Å². The molecular weight excluding hydrogens is 320 g/mol. The van der Waals surface area contributed by atoms with E-state index in [1.165, 1.54) is 4.90 Å². The molecule has 0 bridgehead atoms. The molecule has 0 atom stereocenters. The highest BCUT2D eigenvalue weighted by molar-refractivity contribution is 5.91. The Bertz CT molecular complexity index is 887. The minimum atomic E-state index is -0.179. The third kappa shape index (κ3) is 3.42. The molecule has 25 heavy (non-hydrogen) atoms. The fourth-order valence-electron chi connectivity index (χ4n) is 2.10. The van der Waals surface area contributed by atoms with Crippen molar-refractivity contribution in [3.05, 3.63) is 42.4 Å². The van der Waals surface area contributed by atoms with Crippen LogP contribution in [-0.4, -0.2) is 49.6 Å². The van der Waals surface area contributed by atoms with E-state index in [0.29, 0.717) is 23.2 Å². The first kappa shape index (κ1) is 16.8. The summed E-state index contributed by atoms with van der Waals surface area (Å²) in [5.41, 5.74) is 0.917. The highest BCUT2D eigenvalue weighted by atomic mass is 16.5. The summed E-state index contributed by atoms with van der Waals surface area (Å²) in [6.45, 7) is 6.07. The molecule has 0 aliphatic heterocycles. The second kappa shape index (κ2) is 6.12. The molecule has 0 aromatic carbocycles. The molecule has 0 radical (unpaired) electrons. The van der Waals surface area contributed by atoms with Gasteiger partial charge in [0, 0.05) is 31.9 Å². The number of hydrogen-bond acceptors (Lipinski definition) is 6. The molecule has 130 valence electrons. The number of carbonyl (C=O) groups is 1. The summed E-state index contributed by atoms with van der Waals surface area (Å²) in [6, 6.07) is 3.65. The molecule has 0 saturated carbocycles. The maximum Gasteiger partial charge on any atom is 0.273 e. The summed E-state index contributed by atoms with van der Waals surface area (Å²) in [5, 5.41) is 4.01. The van der Waals surface area contributed by atoms with Crippen molar-refractivity contribution in [2.75, 3.05) is 14.1 Å². The van der Waals surface area contributed by atoms with Crippen molar-refractivity contribution < 1.29 is 9.32 Å². The standard InChI is InChI=1S/C17H20N6O2/c1-17(2,3)16-20-14(25-21-16)11-6-7-13(18-8-11)23-9-12(19-10-23)15(24)22(4)5/h6-10H,1-5H3. The van der Waals surface area contributed by atoms with E-state index >= 15 is 0 Å². The second-order valence-electron chi connectivity index (χ2n) is 6.94. The van der Waals surface area contributed by atoms with Gasteiger partial charge in [-0.3, -0.25) is 9.36 Å². The quantitative estimate of drug-likeness (QED) is 0.727. The number of hydrogen-bond donors (Lipinski definition) is 0. The summed E-state index contributed by atoms with van der Waals surface area (Å²) in [5.74, 6) is 1.56. The van der Waals surface area contributed by atoms with Crippen LogP contribution >= 0.6 is 0 Å². The van der Waals surface area contributed by atoms with E-state index < -0.39 is 0 Å². The fourth-order valence-corrected chi connectivity index (χ4v) is 2.10. The van der Waals surface area contributed by atoms with E-state index in [1.807, 2.05) is 32.9 Å². The van der Waals surface area contributed by atoms with Gasteiger partial charge in [-0.15, -0.1) is 0 Å². The molecular formula is C17H20N6O2. The van der Waals surface area contributed by atoms with E-state index in [9.17, 15) is 4.79 Å². The zero-order chi connectivity index (χ0) is 18.2. The molecule has 0 saturated heterocycles. The van der Waals surface area contributed by atoms with Gasteiger partial charge >= 0.3 is 0 Å². The number of amides is 1. The Kier molecular flexibility index (Phi) is 4.12. The van der Waals surface area contributed by atoms with Gasteiger partial charge in [-0.05, 0) is 12.1 Å². The summed E-state index contributed by atoms with van der Waals surface area (Å²) in [6.07, 6.45) is 4.86. The van der Waals surface area contributed by atoms with Gasteiger partial charge in [0.25, 0.3) is 11.8 Å². The van der Waals surface area contributed by atoms with Crippen molar-refractivity contribution in [3.8, 4) is 17.3 Å². The van der Waals surface area contributed by atoms with Crippen LogP contribution in [-0.2, 0) is 5.41 Å². The van der Waals surface area contributed by atoms with Crippen LogP contribution in [0.15, 0.2) is 35.4 Å². The molecule has 8 heteroatoms. The maximum atomic E-state index is 11.9. The highest BCUT2D eigenvalue weighted by Crippen LogP contribution is 2.23. The molecule has 1 amide bonds. The van der Waals surface area contributed by atoms with Crippen LogP contribution in [0.2, 0.25) is 0 Å². The minimum Gasteiger partial charge on any atom is -0.343 e. The predicted octanol–water partition coefficient (Wildman–Crippen LogP) is 2.32. The number of aromatic nitrogens is 5. The topological polar surface area (TPSA) is 89.9 Å². The average molecular weight is 340 g/mol. The number of nitrogens with zero attached hydrogens (tertiary/aromatic N) is 6. The number of imidazole rings is 1. The highest BCUT2D eigenvalue weighted by Gasteiger charge is 2.21. The normalized spacial score (nSPS) is 11.6. The van der Waals surface area contributed by atoms with Crippen LogP contribution in [0.1, 0.15) is 37.1 Å². The smallest absolute Gasteiger partial charge is 0.273 e. The monoisotopic (exact) mass is 340 g/mol. The maximum absolute atomic E-state index is 11.9. The molecule has 0 spiro atoms. The molecule has 8 nitrogen and oxygen atoms in total. The molecule has 3 rings (SSSR count).